The van der Waals surface area contributed by atoms with E-state index in [4.69, 9.17) is 14.2 Å². The highest BCUT2D eigenvalue weighted by atomic mass is 16.5. The minimum atomic E-state index is 0.342. The van der Waals surface area contributed by atoms with E-state index in [0.29, 0.717) is 18.1 Å². The van der Waals surface area contributed by atoms with Crippen molar-refractivity contribution in [2.45, 2.75) is 45.3 Å². The van der Waals surface area contributed by atoms with Crippen LogP contribution >= 0.6 is 0 Å². The van der Waals surface area contributed by atoms with Crippen LogP contribution in [0.15, 0.2) is 0 Å². The van der Waals surface area contributed by atoms with Crippen molar-refractivity contribution in [2.24, 2.45) is 5.92 Å². The van der Waals surface area contributed by atoms with E-state index in [-0.39, 0.29) is 0 Å². The Hall–Kier alpha value is -0.160. The van der Waals surface area contributed by atoms with Gasteiger partial charge in [-0.05, 0) is 31.7 Å². The van der Waals surface area contributed by atoms with Crippen LogP contribution < -0.4 is 5.32 Å². The number of hydrogen-bond donors (Lipinski definition) is 1. The van der Waals surface area contributed by atoms with Crippen LogP contribution in [-0.4, -0.2) is 52.2 Å². The molecule has 4 heteroatoms. The molecule has 0 amide bonds. The Morgan fingerprint density at radius 1 is 1.39 bits per heavy atom. The summed E-state index contributed by atoms with van der Waals surface area (Å²) in [5.41, 5.74) is 0. The fraction of sp³-hybridized carbons (Fsp3) is 1.00. The maximum Gasteiger partial charge on any atom is 0.0809 e. The van der Waals surface area contributed by atoms with Crippen LogP contribution in [0.4, 0.5) is 0 Å². The largest absolute Gasteiger partial charge is 0.383 e. The molecule has 4 nitrogen and oxygen atoms in total. The number of methoxy groups -OCH3 is 1. The summed E-state index contributed by atoms with van der Waals surface area (Å²) in [5.74, 6) is 0.595. The summed E-state index contributed by atoms with van der Waals surface area (Å²) in [4.78, 5) is 0. The molecule has 0 aromatic heterocycles. The van der Waals surface area contributed by atoms with Gasteiger partial charge < -0.3 is 19.5 Å². The van der Waals surface area contributed by atoms with E-state index in [9.17, 15) is 0 Å². The summed E-state index contributed by atoms with van der Waals surface area (Å²) in [6.07, 6.45) is 3.72. The first kappa shape index (κ1) is 15.9. The van der Waals surface area contributed by atoms with Crippen LogP contribution in [0, 0.1) is 5.92 Å². The predicted molar refractivity (Wildman–Crippen MR) is 72.9 cm³/mol. The lowest BCUT2D eigenvalue weighted by molar-refractivity contribution is 0.0162. The third-order valence-corrected chi connectivity index (χ3v) is 3.35. The monoisotopic (exact) mass is 259 g/mol. The molecule has 0 bridgehead atoms. The number of rotatable bonds is 10. The topological polar surface area (TPSA) is 39.7 Å². The molecule has 1 aliphatic rings. The van der Waals surface area contributed by atoms with Crippen LogP contribution in [0.5, 0.6) is 0 Å². The second-order valence-corrected chi connectivity index (χ2v) is 5.32. The molecule has 1 rings (SSSR count). The first-order valence-corrected chi connectivity index (χ1v) is 7.15. The normalized spacial score (nSPS) is 21.7. The molecule has 0 aromatic carbocycles. The van der Waals surface area contributed by atoms with Gasteiger partial charge in [0.05, 0.1) is 19.3 Å². The Morgan fingerprint density at radius 3 is 2.83 bits per heavy atom. The van der Waals surface area contributed by atoms with Gasteiger partial charge in [0.15, 0.2) is 0 Å². The molecule has 18 heavy (non-hydrogen) atoms. The summed E-state index contributed by atoms with van der Waals surface area (Å²) >= 11 is 0. The number of nitrogens with one attached hydrogen (secondary N) is 1. The molecule has 0 radical (unpaired) electrons. The van der Waals surface area contributed by atoms with Gasteiger partial charge in [-0.3, -0.25) is 0 Å². The average molecular weight is 259 g/mol. The molecule has 0 aromatic rings. The third kappa shape index (κ3) is 6.69. The molecular weight excluding hydrogens is 230 g/mol. The SMILES string of the molecule is COCC(NCCCOCC1CCCO1)C(C)C. The molecule has 2 unspecified atom stereocenters. The van der Waals surface area contributed by atoms with Crippen LogP contribution in [0.2, 0.25) is 0 Å². The van der Waals surface area contributed by atoms with Crippen LogP contribution in [0.3, 0.4) is 0 Å². The van der Waals surface area contributed by atoms with Gasteiger partial charge >= 0.3 is 0 Å². The Morgan fingerprint density at radius 2 is 2.22 bits per heavy atom. The lowest BCUT2D eigenvalue weighted by atomic mass is 10.1. The predicted octanol–water partition coefficient (Wildman–Crippen LogP) is 1.83. The van der Waals surface area contributed by atoms with Gasteiger partial charge in [-0.25, -0.2) is 0 Å². The van der Waals surface area contributed by atoms with Crippen molar-refractivity contribution < 1.29 is 14.2 Å². The highest BCUT2D eigenvalue weighted by molar-refractivity contribution is 4.69. The van der Waals surface area contributed by atoms with E-state index in [1.807, 2.05) is 0 Å². The fourth-order valence-electron chi connectivity index (χ4n) is 2.12. The molecule has 0 aliphatic carbocycles. The smallest absolute Gasteiger partial charge is 0.0809 e. The first-order chi connectivity index (χ1) is 8.74. The molecule has 1 saturated heterocycles. The third-order valence-electron chi connectivity index (χ3n) is 3.35. The van der Waals surface area contributed by atoms with E-state index in [2.05, 4.69) is 19.2 Å². The van der Waals surface area contributed by atoms with Crippen molar-refractivity contribution in [2.75, 3.05) is 40.1 Å². The Labute approximate surface area is 111 Å². The molecule has 1 fully saturated rings. The van der Waals surface area contributed by atoms with Crippen molar-refractivity contribution in [3.63, 3.8) is 0 Å². The maximum atomic E-state index is 5.62. The molecule has 0 saturated carbocycles. The maximum absolute atomic E-state index is 5.62. The van der Waals surface area contributed by atoms with Gasteiger partial charge in [0.1, 0.15) is 0 Å². The molecule has 1 N–H and O–H groups in total. The highest BCUT2D eigenvalue weighted by Gasteiger charge is 2.15. The van der Waals surface area contributed by atoms with Gasteiger partial charge in [-0.2, -0.15) is 0 Å². The fourth-order valence-corrected chi connectivity index (χ4v) is 2.12. The summed E-state index contributed by atoms with van der Waals surface area (Å²) in [5, 5.41) is 3.51. The summed E-state index contributed by atoms with van der Waals surface area (Å²) in [7, 11) is 1.75. The summed E-state index contributed by atoms with van der Waals surface area (Å²) in [6.45, 7) is 8.65. The van der Waals surface area contributed by atoms with Crippen LogP contribution in [-0.2, 0) is 14.2 Å². The number of ether oxygens (including phenoxy) is 3. The molecule has 1 heterocycles. The lowest BCUT2D eigenvalue weighted by Gasteiger charge is -2.21. The second-order valence-electron chi connectivity index (χ2n) is 5.32. The van der Waals surface area contributed by atoms with Crippen molar-refractivity contribution in [3.8, 4) is 0 Å². The highest BCUT2D eigenvalue weighted by Crippen LogP contribution is 2.11. The Balaban J connectivity index is 1.93. The van der Waals surface area contributed by atoms with E-state index in [1.165, 1.54) is 6.42 Å². The first-order valence-electron chi connectivity index (χ1n) is 7.15. The van der Waals surface area contributed by atoms with Crippen LogP contribution in [0.25, 0.3) is 0 Å². The van der Waals surface area contributed by atoms with Crippen molar-refractivity contribution >= 4 is 0 Å². The molecule has 108 valence electrons. The quantitative estimate of drug-likeness (QED) is 0.608. The minimum absolute atomic E-state index is 0.342. The van der Waals surface area contributed by atoms with Gasteiger partial charge in [0.25, 0.3) is 0 Å². The zero-order chi connectivity index (χ0) is 13.2. The van der Waals surface area contributed by atoms with Gasteiger partial charge in [0, 0.05) is 26.4 Å². The molecule has 2 atom stereocenters. The summed E-state index contributed by atoms with van der Waals surface area (Å²) < 4.78 is 16.3. The molecule has 0 spiro atoms. The van der Waals surface area contributed by atoms with E-state index < -0.39 is 0 Å². The Bertz CT molecular complexity index is 193. The van der Waals surface area contributed by atoms with E-state index in [1.54, 1.807) is 7.11 Å². The van der Waals surface area contributed by atoms with E-state index in [0.717, 1.165) is 45.8 Å². The second kappa shape index (κ2) is 9.73. The zero-order valence-electron chi connectivity index (χ0n) is 12.1. The van der Waals surface area contributed by atoms with E-state index >= 15 is 0 Å². The lowest BCUT2D eigenvalue weighted by Crippen LogP contribution is -2.38. The van der Waals surface area contributed by atoms with Crippen molar-refractivity contribution in [1.29, 1.82) is 0 Å². The number of hydrogen-bond acceptors (Lipinski definition) is 4. The molecule has 1 aliphatic heterocycles. The zero-order valence-corrected chi connectivity index (χ0v) is 12.1. The van der Waals surface area contributed by atoms with Crippen LogP contribution in [0.1, 0.15) is 33.1 Å². The standard InChI is InChI=1S/C14H29NO3/c1-12(2)14(11-16-3)15-7-5-8-17-10-13-6-4-9-18-13/h12-15H,4-11H2,1-3H3. The van der Waals surface area contributed by atoms with Crippen molar-refractivity contribution in [1.82, 2.24) is 5.32 Å². The van der Waals surface area contributed by atoms with Gasteiger partial charge in [-0.1, -0.05) is 13.8 Å². The van der Waals surface area contributed by atoms with Crippen molar-refractivity contribution in [3.05, 3.63) is 0 Å². The summed E-state index contributed by atoms with van der Waals surface area (Å²) in [6, 6.07) is 0.438. The Kier molecular flexibility index (Phi) is 8.59. The van der Waals surface area contributed by atoms with Gasteiger partial charge in [-0.15, -0.1) is 0 Å². The minimum Gasteiger partial charge on any atom is -0.383 e. The average Bonchev–Trinajstić information content (AvgIpc) is 2.84. The molecular formula is C14H29NO3. The van der Waals surface area contributed by atoms with Gasteiger partial charge in [0.2, 0.25) is 0 Å².